The third kappa shape index (κ3) is 4.58. The topological polar surface area (TPSA) is 106 Å². The number of halogens is 1. The van der Waals surface area contributed by atoms with Gasteiger partial charge in [0.05, 0.1) is 27.6 Å². The Balaban J connectivity index is 1.56. The van der Waals surface area contributed by atoms with Crippen LogP contribution in [0.5, 0.6) is 5.75 Å². The summed E-state index contributed by atoms with van der Waals surface area (Å²) >= 11 is 6.67. The molecule has 2 N–H and O–H groups in total. The number of nitrogens with zero attached hydrogens (tertiary/aromatic N) is 4. The number of hydrogen-bond acceptors (Lipinski definition) is 9. The van der Waals surface area contributed by atoms with Crippen molar-refractivity contribution in [3.05, 3.63) is 40.2 Å². The molecule has 0 spiro atoms. The van der Waals surface area contributed by atoms with Gasteiger partial charge in [-0.05, 0) is 58.9 Å². The molecule has 0 aliphatic heterocycles. The van der Waals surface area contributed by atoms with Crippen molar-refractivity contribution in [1.29, 1.82) is 0 Å². The fraction of sp³-hybridized carbons (Fsp3) is 0.519. The number of hydrogen-bond donors (Lipinski definition) is 2. The second kappa shape index (κ2) is 9.87. The molecule has 198 valence electrons. The van der Waals surface area contributed by atoms with Crippen LogP contribution in [0.1, 0.15) is 29.9 Å². The molecule has 0 radical (unpaired) electrons. The molecule has 2 aliphatic rings. The van der Waals surface area contributed by atoms with E-state index in [9.17, 15) is 5.11 Å². The Kier molecular flexibility index (Phi) is 6.91. The third-order valence-electron chi connectivity index (χ3n) is 7.79. The van der Waals surface area contributed by atoms with E-state index in [1.165, 1.54) is 0 Å². The summed E-state index contributed by atoms with van der Waals surface area (Å²) in [4.78, 5) is 12.3. The number of aliphatic hydroxyl groups excluding tert-OH is 1. The number of benzene rings is 1. The molecule has 2 heterocycles. The molecule has 1 aromatic carbocycles. The first kappa shape index (κ1) is 25.9. The Morgan fingerprint density at radius 1 is 1.27 bits per heavy atom. The Morgan fingerprint density at radius 3 is 2.68 bits per heavy atom. The molecule has 9 nitrogen and oxygen atoms in total. The highest BCUT2D eigenvalue weighted by atomic mass is 35.5. The highest BCUT2D eigenvalue weighted by Gasteiger charge is 2.69. The molecule has 4 atom stereocenters. The van der Waals surface area contributed by atoms with Crippen LogP contribution in [-0.4, -0.2) is 72.3 Å². The summed E-state index contributed by atoms with van der Waals surface area (Å²) in [7, 11) is 5.67. The van der Waals surface area contributed by atoms with Crippen LogP contribution in [0.3, 0.4) is 0 Å². The van der Waals surface area contributed by atoms with E-state index in [4.69, 9.17) is 35.6 Å². The summed E-state index contributed by atoms with van der Waals surface area (Å²) in [5.41, 5.74) is 4.04. The van der Waals surface area contributed by atoms with E-state index in [-0.39, 0.29) is 12.2 Å². The summed E-state index contributed by atoms with van der Waals surface area (Å²) < 4.78 is 17.1. The van der Waals surface area contributed by atoms with Crippen molar-refractivity contribution >= 4 is 17.4 Å². The van der Waals surface area contributed by atoms with Gasteiger partial charge in [-0.2, -0.15) is 0 Å². The van der Waals surface area contributed by atoms with Gasteiger partial charge in [-0.25, -0.2) is 9.97 Å². The molecule has 10 heteroatoms. The summed E-state index contributed by atoms with van der Waals surface area (Å²) in [6.45, 7) is 6.43. The van der Waals surface area contributed by atoms with Crippen molar-refractivity contribution in [2.45, 2.75) is 51.4 Å². The lowest BCUT2D eigenvalue weighted by Crippen LogP contribution is -2.48. The maximum atomic E-state index is 10.0. The fourth-order valence-corrected chi connectivity index (χ4v) is 5.74. The molecule has 0 amide bonds. The van der Waals surface area contributed by atoms with Gasteiger partial charge in [-0.15, -0.1) is 0 Å². The number of nitrogens with one attached hydrogen (secondary N) is 1. The highest BCUT2D eigenvalue weighted by Crippen LogP contribution is 2.63. The largest absolute Gasteiger partial charge is 0.491 e. The molecule has 2 aromatic heterocycles. The minimum Gasteiger partial charge on any atom is -0.491 e. The standard InChI is InChI=1S/C27H34ClN5O4/c1-14-24(23-15(2)32-37-16(23)3)30-25(31-26(14)33(5)22-11-27(35-6)10-20(22)27)19-9-18(7-8-21(19)28)36-13-17(34)12-29-4/h7-9,17,20,22,29,34H,10-13H2,1-6H3/t17-,20?,22-,27+/m0/s1. The number of fused-ring (bicyclic) bond motifs is 1. The minimum absolute atomic E-state index is 0.0417. The lowest BCUT2D eigenvalue weighted by molar-refractivity contribution is 0.00561. The van der Waals surface area contributed by atoms with Crippen LogP contribution in [0.4, 0.5) is 5.82 Å². The molecule has 0 saturated heterocycles. The molecule has 1 unspecified atom stereocenters. The van der Waals surface area contributed by atoms with Crippen LogP contribution >= 0.6 is 11.6 Å². The normalized spacial score (nSPS) is 22.8. The molecule has 3 aromatic rings. The predicted octanol–water partition coefficient (Wildman–Crippen LogP) is 3.95. The first-order valence-corrected chi connectivity index (χ1v) is 12.9. The van der Waals surface area contributed by atoms with Crippen LogP contribution in [-0.2, 0) is 4.74 Å². The summed E-state index contributed by atoms with van der Waals surface area (Å²) in [6, 6.07) is 5.71. The number of likely N-dealkylation sites (N-methyl/N-ethyl adjacent to an activating group) is 1. The van der Waals surface area contributed by atoms with Gasteiger partial charge in [0, 0.05) is 43.8 Å². The van der Waals surface area contributed by atoms with Crippen molar-refractivity contribution < 1.29 is 19.1 Å². The van der Waals surface area contributed by atoms with Crippen molar-refractivity contribution in [2.24, 2.45) is 5.92 Å². The quantitative estimate of drug-likeness (QED) is 0.405. The van der Waals surface area contributed by atoms with Crippen LogP contribution in [0.2, 0.25) is 5.02 Å². The Bertz CT molecular complexity index is 1290. The summed E-state index contributed by atoms with van der Waals surface area (Å²) in [5.74, 6) is 3.11. The van der Waals surface area contributed by atoms with Gasteiger partial charge in [0.1, 0.15) is 30.0 Å². The van der Waals surface area contributed by atoms with Gasteiger partial charge >= 0.3 is 0 Å². The minimum atomic E-state index is -0.629. The molecular weight excluding hydrogens is 494 g/mol. The third-order valence-corrected chi connectivity index (χ3v) is 8.12. The van der Waals surface area contributed by atoms with E-state index in [1.807, 2.05) is 26.8 Å². The molecule has 2 fully saturated rings. The SMILES string of the molecule is CNC[C@H](O)COc1ccc(Cl)c(-c2nc(-c3c(C)noc3C)c(C)c(N(C)[C@H]3C[C@]4(OC)CC34)n2)c1. The monoisotopic (exact) mass is 527 g/mol. The Morgan fingerprint density at radius 2 is 2.05 bits per heavy atom. The number of aromatic nitrogens is 3. The number of aliphatic hydroxyl groups is 1. The average Bonchev–Trinajstić information content (AvgIpc) is 3.30. The van der Waals surface area contributed by atoms with Gasteiger partial charge in [-0.3, -0.25) is 0 Å². The number of methoxy groups -OCH3 is 1. The lowest BCUT2D eigenvalue weighted by atomic mass is 9.88. The maximum Gasteiger partial charge on any atom is 0.163 e. The van der Waals surface area contributed by atoms with E-state index in [0.29, 0.717) is 46.4 Å². The van der Waals surface area contributed by atoms with Gasteiger partial charge < -0.3 is 29.3 Å². The second-order valence-corrected chi connectivity index (χ2v) is 10.6. The van der Waals surface area contributed by atoms with E-state index in [2.05, 4.69) is 22.4 Å². The van der Waals surface area contributed by atoms with Crippen LogP contribution in [0.15, 0.2) is 22.7 Å². The van der Waals surface area contributed by atoms with Crippen molar-refractivity contribution in [3.63, 3.8) is 0 Å². The van der Waals surface area contributed by atoms with Gasteiger partial charge in [0.2, 0.25) is 0 Å². The molecule has 2 aliphatic carbocycles. The number of aryl methyl sites for hydroxylation is 2. The van der Waals surface area contributed by atoms with E-state index in [0.717, 1.165) is 41.2 Å². The second-order valence-electron chi connectivity index (χ2n) is 10.2. The zero-order chi connectivity index (χ0) is 26.5. The Hall–Kier alpha value is -2.72. The van der Waals surface area contributed by atoms with Crippen molar-refractivity contribution in [2.75, 3.05) is 39.3 Å². The highest BCUT2D eigenvalue weighted by molar-refractivity contribution is 6.33. The van der Waals surface area contributed by atoms with Gasteiger partial charge in [0.15, 0.2) is 5.82 Å². The molecular formula is C27H34ClN5O4. The molecule has 37 heavy (non-hydrogen) atoms. The van der Waals surface area contributed by atoms with E-state index < -0.39 is 6.10 Å². The smallest absolute Gasteiger partial charge is 0.163 e. The molecule has 0 bridgehead atoms. The van der Waals surface area contributed by atoms with Crippen molar-refractivity contribution in [1.82, 2.24) is 20.4 Å². The first-order chi connectivity index (χ1) is 17.7. The zero-order valence-electron chi connectivity index (χ0n) is 22.1. The van der Waals surface area contributed by atoms with E-state index in [1.54, 1.807) is 26.3 Å². The number of rotatable bonds is 10. The van der Waals surface area contributed by atoms with Crippen molar-refractivity contribution in [3.8, 4) is 28.4 Å². The van der Waals surface area contributed by atoms with Crippen LogP contribution < -0.4 is 15.0 Å². The average molecular weight is 528 g/mol. The number of ether oxygens (including phenoxy) is 2. The van der Waals surface area contributed by atoms with Crippen LogP contribution in [0.25, 0.3) is 22.6 Å². The predicted molar refractivity (Wildman–Crippen MR) is 142 cm³/mol. The first-order valence-electron chi connectivity index (χ1n) is 12.5. The zero-order valence-corrected chi connectivity index (χ0v) is 22.9. The maximum absolute atomic E-state index is 10.0. The summed E-state index contributed by atoms with van der Waals surface area (Å²) in [6.07, 6.45) is 1.43. The van der Waals surface area contributed by atoms with Gasteiger partial charge in [0.25, 0.3) is 0 Å². The summed E-state index contributed by atoms with van der Waals surface area (Å²) in [5, 5.41) is 17.7. The Labute approximate surface area is 222 Å². The number of anilines is 1. The van der Waals surface area contributed by atoms with Gasteiger partial charge in [-0.1, -0.05) is 16.8 Å². The van der Waals surface area contributed by atoms with Crippen LogP contribution in [0, 0.1) is 26.7 Å². The van der Waals surface area contributed by atoms with E-state index >= 15 is 0 Å². The fourth-order valence-electron chi connectivity index (χ4n) is 5.54. The molecule has 2 saturated carbocycles. The lowest BCUT2D eigenvalue weighted by Gasteiger charge is -2.41. The molecule has 5 rings (SSSR count).